The van der Waals surface area contributed by atoms with Gasteiger partial charge >= 0.3 is 11.9 Å². The third-order valence-corrected chi connectivity index (χ3v) is 5.47. The molecule has 13 heteroatoms. The first-order valence-corrected chi connectivity index (χ1v) is 10.7. The van der Waals surface area contributed by atoms with Gasteiger partial charge in [0.25, 0.3) is 5.91 Å². The molecule has 36 heavy (non-hydrogen) atoms. The molecule has 3 rings (SSSR count). The number of nitrogens with zero attached hydrogens (tertiary/aromatic N) is 2. The van der Waals surface area contributed by atoms with E-state index < -0.39 is 47.6 Å². The van der Waals surface area contributed by atoms with Gasteiger partial charge in [-0.3, -0.25) is 14.4 Å². The van der Waals surface area contributed by atoms with Crippen LogP contribution in [-0.2, 0) is 19.2 Å². The minimum atomic E-state index is -1.31. The minimum absolute atomic E-state index is 0.0393. The molecule has 0 unspecified atom stereocenters. The number of rotatable bonds is 11. The Morgan fingerprint density at radius 3 is 2.28 bits per heavy atom. The van der Waals surface area contributed by atoms with Crippen molar-refractivity contribution in [1.29, 1.82) is 0 Å². The van der Waals surface area contributed by atoms with E-state index in [1.807, 2.05) is 0 Å². The van der Waals surface area contributed by atoms with E-state index in [4.69, 9.17) is 15.6 Å². The molecule has 0 radical (unpaired) electrons. The highest BCUT2D eigenvalue weighted by Crippen LogP contribution is 2.28. The van der Waals surface area contributed by atoms with Crippen molar-refractivity contribution in [3.05, 3.63) is 64.9 Å². The van der Waals surface area contributed by atoms with Crippen LogP contribution in [0.3, 0.4) is 0 Å². The first-order valence-electron chi connectivity index (χ1n) is 10.7. The van der Waals surface area contributed by atoms with Gasteiger partial charge < -0.3 is 46.4 Å². The van der Waals surface area contributed by atoms with Crippen LogP contribution in [0.4, 0.5) is 0 Å². The minimum Gasteiger partial charge on any atom is -0.791 e. The molecule has 6 N–H and O–H groups in total. The maximum atomic E-state index is 12.6. The van der Waals surface area contributed by atoms with Crippen LogP contribution in [0.2, 0.25) is 0 Å². The zero-order valence-electron chi connectivity index (χ0n) is 18.7. The van der Waals surface area contributed by atoms with Crippen molar-refractivity contribution in [2.24, 2.45) is 10.9 Å². The van der Waals surface area contributed by atoms with Crippen LogP contribution < -0.4 is 15.8 Å². The third kappa shape index (κ3) is 5.88. The molecule has 3 atom stereocenters. The summed E-state index contributed by atoms with van der Waals surface area (Å²) in [6.07, 6.45) is 0.0780. The second-order valence-electron chi connectivity index (χ2n) is 7.90. The molecule has 1 heterocycles. The number of ether oxygens (including phenoxy) is 1. The fourth-order valence-corrected chi connectivity index (χ4v) is 3.49. The number of aliphatic carboxylic acids is 2. The predicted octanol–water partition coefficient (Wildman–Crippen LogP) is 0.0128. The number of amides is 2. The number of benzene rings is 2. The Balaban J connectivity index is 1.59. The van der Waals surface area contributed by atoms with Crippen LogP contribution in [0.5, 0.6) is 11.5 Å². The van der Waals surface area contributed by atoms with Gasteiger partial charge in [-0.15, -0.1) is 0 Å². The van der Waals surface area contributed by atoms with Crippen molar-refractivity contribution >= 4 is 29.5 Å². The van der Waals surface area contributed by atoms with Gasteiger partial charge in [0.05, 0.1) is 13.2 Å². The first kappa shape index (κ1) is 26.0. The summed E-state index contributed by atoms with van der Waals surface area (Å²) in [5, 5.41) is 44.2. The lowest BCUT2D eigenvalue weighted by atomic mass is 9.97. The Morgan fingerprint density at radius 1 is 1.11 bits per heavy atom. The van der Waals surface area contributed by atoms with Crippen LogP contribution in [0.15, 0.2) is 53.7 Å². The molecule has 0 spiro atoms. The van der Waals surface area contributed by atoms with Gasteiger partial charge in [-0.2, -0.15) is 0 Å². The zero-order valence-corrected chi connectivity index (χ0v) is 18.7. The van der Waals surface area contributed by atoms with Crippen LogP contribution in [-0.4, -0.2) is 74.9 Å². The van der Waals surface area contributed by atoms with Crippen molar-refractivity contribution in [3.63, 3.8) is 0 Å². The number of likely N-dealkylation sites (tertiary alicyclic amines) is 1. The summed E-state index contributed by atoms with van der Waals surface area (Å²) in [7, 11) is 0. The van der Waals surface area contributed by atoms with Crippen molar-refractivity contribution in [1.82, 2.24) is 10.2 Å². The lowest BCUT2D eigenvalue weighted by molar-refractivity contribution is -0.160. The third-order valence-electron chi connectivity index (χ3n) is 5.47. The Kier molecular flexibility index (Phi) is 8.07. The first-order chi connectivity index (χ1) is 17.1. The standard InChI is InChI=1S/C23H24N4O9/c24-16(22(31)32)9-10-36-15-7-3-12(4-8-15)18(26-35)20(29)25-17-11-27(21(17)30)19(23(33)34)13-1-5-14(28)6-2-13/h1-8,16-17,19,28,35H,9-11,24H2,(H,25,29)(H,31,32)(H,33,34)/p-1/b26-18-/t16-,17-,19+/m0/s1. The van der Waals surface area contributed by atoms with E-state index in [-0.39, 0.29) is 36.4 Å². The average molecular weight is 499 g/mol. The molecule has 13 nitrogen and oxygen atoms in total. The Morgan fingerprint density at radius 2 is 1.75 bits per heavy atom. The maximum absolute atomic E-state index is 12.6. The van der Waals surface area contributed by atoms with Gasteiger partial charge in [0, 0.05) is 12.0 Å². The summed E-state index contributed by atoms with van der Waals surface area (Å²) < 4.78 is 5.38. The molecule has 2 aromatic rings. The largest absolute Gasteiger partial charge is 0.791 e. The van der Waals surface area contributed by atoms with E-state index in [0.717, 1.165) is 4.90 Å². The summed E-state index contributed by atoms with van der Waals surface area (Å²) in [5.41, 5.74) is 5.32. The highest BCUT2D eigenvalue weighted by molar-refractivity contribution is 6.45. The van der Waals surface area contributed by atoms with Crippen LogP contribution in [0, 0.1) is 5.21 Å². The van der Waals surface area contributed by atoms with Crippen molar-refractivity contribution in [2.45, 2.75) is 24.5 Å². The molecule has 2 aromatic carbocycles. The Labute approximate surface area is 204 Å². The van der Waals surface area contributed by atoms with Crippen LogP contribution >= 0.6 is 0 Å². The second-order valence-corrected chi connectivity index (χ2v) is 7.90. The smallest absolute Gasteiger partial charge is 0.331 e. The van der Waals surface area contributed by atoms with E-state index in [1.165, 1.54) is 48.5 Å². The number of carboxylic acids is 2. The molecular formula is C23H23N4O9-. The van der Waals surface area contributed by atoms with Gasteiger partial charge in [0.2, 0.25) is 5.91 Å². The quantitative estimate of drug-likeness (QED) is 0.159. The normalized spacial score (nSPS) is 17.0. The van der Waals surface area contributed by atoms with E-state index in [1.54, 1.807) is 0 Å². The summed E-state index contributed by atoms with van der Waals surface area (Å²) in [5.74, 6) is -3.72. The van der Waals surface area contributed by atoms with Gasteiger partial charge in [-0.25, -0.2) is 4.79 Å². The summed E-state index contributed by atoms with van der Waals surface area (Å²) in [4.78, 5) is 48.7. The molecule has 1 saturated heterocycles. The number of hydrogen-bond acceptors (Lipinski definition) is 9. The zero-order chi connectivity index (χ0) is 26.4. The van der Waals surface area contributed by atoms with E-state index >= 15 is 0 Å². The number of nitrogens with one attached hydrogen (secondary N) is 1. The maximum Gasteiger partial charge on any atom is 0.331 e. The predicted molar refractivity (Wildman–Crippen MR) is 124 cm³/mol. The number of β-lactam (4-membered cyclic amide) rings is 1. The fraction of sp³-hybridized carbons (Fsp3) is 0.261. The number of phenols is 1. The van der Waals surface area contributed by atoms with E-state index in [0.29, 0.717) is 5.75 Å². The molecule has 0 aliphatic carbocycles. The average Bonchev–Trinajstić information content (AvgIpc) is 2.85. The van der Waals surface area contributed by atoms with E-state index in [2.05, 4.69) is 10.5 Å². The number of aromatic hydroxyl groups is 1. The molecule has 0 saturated carbocycles. The SMILES string of the molecule is N[C@@H](CCOc1ccc(/C(=N/[O-])C(=O)N[C@H]2CN([C@@H](C(=O)O)c3ccc(O)cc3)C2=O)cc1)C(=O)O. The molecular weight excluding hydrogens is 476 g/mol. The fourth-order valence-electron chi connectivity index (χ4n) is 3.49. The monoisotopic (exact) mass is 499 g/mol. The van der Waals surface area contributed by atoms with Gasteiger partial charge in [-0.05, 0) is 42.0 Å². The topological polar surface area (TPSA) is 215 Å². The summed E-state index contributed by atoms with van der Waals surface area (Å²) >= 11 is 0. The molecule has 1 aliphatic rings. The molecule has 0 bridgehead atoms. The Bertz CT molecular complexity index is 1170. The molecule has 1 aliphatic heterocycles. The van der Waals surface area contributed by atoms with Crippen molar-refractivity contribution in [2.75, 3.05) is 13.2 Å². The lowest BCUT2D eigenvalue weighted by Crippen LogP contribution is -2.66. The van der Waals surface area contributed by atoms with Gasteiger partial charge in [0.15, 0.2) is 6.04 Å². The number of carbonyl (C=O) groups is 4. The van der Waals surface area contributed by atoms with E-state index in [9.17, 15) is 34.6 Å². The highest BCUT2D eigenvalue weighted by atomic mass is 16.5. The van der Waals surface area contributed by atoms with Crippen LogP contribution in [0.25, 0.3) is 0 Å². The lowest BCUT2D eigenvalue weighted by Gasteiger charge is -2.42. The number of nitrogens with two attached hydrogens (primary N) is 1. The van der Waals surface area contributed by atoms with Crippen molar-refractivity contribution < 1.29 is 39.2 Å². The number of carboxylic acid groups (broad SMARTS) is 2. The number of hydrogen-bond donors (Lipinski definition) is 5. The summed E-state index contributed by atoms with van der Waals surface area (Å²) in [6, 6.07) is 7.62. The highest BCUT2D eigenvalue weighted by Gasteiger charge is 2.45. The number of phenolic OH excluding ortho intramolecular Hbond substituents is 1. The summed E-state index contributed by atoms with van der Waals surface area (Å²) in [6.45, 7) is -0.0720. The molecule has 0 aromatic heterocycles. The Hall–Kier alpha value is -4.65. The second kappa shape index (κ2) is 11.2. The molecule has 2 amide bonds. The van der Waals surface area contributed by atoms with Gasteiger partial charge in [-0.1, -0.05) is 12.1 Å². The molecule has 190 valence electrons. The molecule has 1 fully saturated rings. The number of carbonyl (C=O) groups excluding carboxylic acids is 2. The van der Waals surface area contributed by atoms with Crippen molar-refractivity contribution in [3.8, 4) is 11.5 Å². The van der Waals surface area contributed by atoms with Crippen LogP contribution in [0.1, 0.15) is 23.6 Å². The van der Waals surface area contributed by atoms with Gasteiger partial charge in [0.1, 0.15) is 29.3 Å².